The van der Waals surface area contributed by atoms with Crippen molar-refractivity contribution < 1.29 is 4.39 Å². The van der Waals surface area contributed by atoms with Crippen LogP contribution >= 0.6 is 11.8 Å². The molecule has 1 nitrogen and oxygen atoms in total. The molecule has 0 aromatic rings. The smallest absolute Gasteiger partial charge is 0.115 e. The van der Waals surface area contributed by atoms with Gasteiger partial charge in [-0.05, 0) is 43.6 Å². The van der Waals surface area contributed by atoms with E-state index in [1.807, 2.05) is 11.8 Å². The van der Waals surface area contributed by atoms with E-state index in [2.05, 4.69) is 5.32 Å². The van der Waals surface area contributed by atoms with Crippen LogP contribution in [0, 0.1) is 0 Å². The quantitative estimate of drug-likeness (QED) is 0.739. The Labute approximate surface area is 83.9 Å². The summed E-state index contributed by atoms with van der Waals surface area (Å²) in [6.45, 7) is 0. The van der Waals surface area contributed by atoms with Crippen molar-refractivity contribution in [2.24, 2.45) is 0 Å². The summed E-state index contributed by atoms with van der Waals surface area (Å²) in [5.74, 6) is 2.50. The molecule has 1 saturated carbocycles. The molecule has 13 heavy (non-hydrogen) atoms. The van der Waals surface area contributed by atoms with Crippen LogP contribution in [0.15, 0.2) is 0 Å². The van der Waals surface area contributed by atoms with E-state index < -0.39 is 6.17 Å². The third kappa shape index (κ3) is 2.59. The van der Waals surface area contributed by atoms with Crippen LogP contribution in [0.25, 0.3) is 0 Å². The van der Waals surface area contributed by atoms with Crippen LogP contribution in [0.5, 0.6) is 0 Å². The van der Waals surface area contributed by atoms with Crippen molar-refractivity contribution in [1.82, 2.24) is 5.32 Å². The van der Waals surface area contributed by atoms with Crippen molar-refractivity contribution in [1.29, 1.82) is 0 Å². The Bertz CT molecular complexity index is 159. The van der Waals surface area contributed by atoms with Crippen molar-refractivity contribution >= 4 is 11.8 Å². The Morgan fingerprint density at radius 1 is 1.08 bits per heavy atom. The van der Waals surface area contributed by atoms with Gasteiger partial charge in [0.2, 0.25) is 0 Å². The summed E-state index contributed by atoms with van der Waals surface area (Å²) in [4.78, 5) is 0. The fraction of sp³-hybridized carbons (Fsp3) is 1.00. The third-order valence-corrected chi connectivity index (χ3v) is 4.15. The maximum atomic E-state index is 13.3. The van der Waals surface area contributed by atoms with Gasteiger partial charge in [0.15, 0.2) is 0 Å². The van der Waals surface area contributed by atoms with Crippen LogP contribution in [-0.2, 0) is 0 Å². The van der Waals surface area contributed by atoms with Gasteiger partial charge < -0.3 is 5.32 Å². The summed E-state index contributed by atoms with van der Waals surface area (Å²) in [6.07, 6.45) is 4.78. The predicted molar refractivity (Wildman–Crippen MR) is 56.0 cm³/mol. The molecule has 1 aliphatic heterocycles. The van der Waals surface area contributed by atoms with Gasteiger partial charge in [0, 0.05) is 12.1 Å². The SMILES string of the molecule is F[C@H]1CCC[C@H]1NC1CCSCC1. The minimum Gasteiger partial charge on any atom is -0.308 e. The second kappa shape index (κ2) is 4.65. The molecular weight excluding hydrogens is 185 g/mol. The van der Waals surface area contributed by atoms with Gasteiger partial charge in [-0.2, -0.15) is 11.8 Å². The van der Waals surface area contributed by atoms with Gasteiger partial charge >= 0.3 is 0 Å². The van der Waals surface area contributed by atoms with Crippen LogP contribution in [-0.4, -0.2) is 29.8 Å². The minimum absolute atomic E-state index is 0.174. The van der Waals surface area contributed by atoms with Crippen molar-refractivity contribution in [3.63, 3.8) is 0 Å². The number of nitrogens with one attached hydrogen (secondary N) is 1. The van der Waals surface area contributed by atoms with Gasteiger partial charge in [0.1, 0.15) is 6.17 Å². The topological polar surface area (TPSA) is 12.0 Å². The van der Waals surface area contributed by atoms with Crippen molar-refractivity contribution in [3.05, 3.63) is 0 Å². The molecule has 0 spiro atoms. The van der Waals surface area contributed by atoms with Gasteiger partial charge in [0.25, 0.3) is 0 Å². The average Bonchev–Trinajstić information content (AvgIpc) is 2.54. The fourth-order valence-electron chi connectivity index (χ4n) is 2.27. The summed E-state index contributed by atoms with van der Waals surface area (Å²) in [5, 5.41) is 3.48. The number of alkyl halides is 1. The fourth-order valence-corrected chi connectivity index (χ4v) is 3.38. The summed E-state index contributed by atoms with van der Waals surface area (Å²) in [5.41, 5.74) is 0. The lowest BCUT2D eigenvalue weighted by atomic mass is 10.1. The molecule has 2 atom stereocenters. The van der Waals surface area contributed by atoms with E-state index >= 15 is 0 Å². The van der Waals surface area contributed by atoms with Crippen molar-refractivity contribution in [3.8, 4) is 0 Å². The monoisotopic (exact) mass is 203 g/mol. The second-order valence-electron chi connectivity index (χ2n) is 4.11. The highest BCUT2D eigenvalue weighted by Crippen LogP contribution is 2.25. The lowest BCUT2D eigenvalue weighted by molar-refractivity contribution is 0.259. The van der Waals surface area contributed by atoms with Gasteiger partial charge in [0.05, 0.1) is 0 Å². The Hall–Kier alpha value is 0.240. The molecule has 0 amide bonds. The molecule has 76 valence electrons. The van der Waals surface area contributed by atoms with Crippen molar-refractivity contribution in [2.75, 3.05) is 11.5 Å². The molecule has 3 heteroatoms. The lowest BCUT2D eigenvalue weighted by Gasteiger charge is -2.27. The van der Waals surface area contributed by atoms with Gasteiger partial charge in [-0.3, -0.25) is 0 Å². The highest BCUT2D eigenvalue weighted by molar-refractivity contribution is 7.99. The number of rotatable bonds is 2. The zero-order valence-corrected chi connectivity index (χ0v) is 8.78. The number of thioether (sulfide) groups is 1. The van der Waals surface area contributed by atoms with E-state index in [-0.39, 0.29) is 6.04 Å². The van der Waals surface area contributed by atoms with Gasteiger partial charge in [-0.1, -0.05) is 0 Å². The number of hydrogen-bond donors (Lipinski definition) is 1. The van der Waals surface area contributed by atoms with Crippen molar-refractivity contribution in [2.45, 2.75) is 50.4 Å². The van der Waals surface area contributed by atoms with E-state index in [4.69, 9.17) is 0 Å². The van der Waals surface area contributed by atoms with Crippen LogP contribution in [0.4, 0.5) is 4.39 Å². The van der Waals surface area contributed by atoms with Crippen LogP contribution in [0.2, 0.25) is 0 Å². The first-order valence-corrected chi connectivity index (χ1v) is 6.49. The maximum absolute atomic E-state index is 13.3. The second-order valence-corrected chi connectivity index (χ2v) is 5.33. The lowest BCUT2D eigenvalue weighted by Crippen LogP contribution is -2.42. The first kappa shape index (κ1) is 9.78. The molecule has 0 aromatic carbocycles. The van der Waals surface area contributed by atoms with E-state index in [1.54, 1.807) is 0 Å². The molecular formula is C10H18FNS. The minimum atomic E-state index is -0.574. The molecule has 0 radical (unpaired) electrons. The maximum Gasteiger partial charge on any atom is 0.115 e. The number of hydrogen-bond acceptors (Lipinski definition) is 2. The molecule has 1 saturated heterocycles. The molecule has 1 aliphatic carbocycles. The van der Waals surface area contributed by atoms with E-state index in [0.29, 0.717) is 6.04 Å². The molecule has 0 unspecified atom stereocenters. The van der Waals surface area contributed by atoms with Gasteiger partial charge in [-0.15, -0.1) is 0 Å². The average molecular weight is 203 g/mol. The Kier molecular flexibility index (Phi) is 3.50. The highest BCUT2D eigenvalue weighted by Gasteiger charge is 2.28. The zero-order valence-electron chi connectivity index (χ0n) is 7.97. The molecule has 1 N–H and O–H groups in total. The molecule has 1 heterocycles. The van der Waals surface area contributed by atoms with Crippen LogP contribution in [0.1, 0.15) is 32.1 Å². The summed E-state index contributed by atoms with van der Waals surface area (Å²) in [7, 11) is 0. The van der Waals surface area contributed by atoms with Crippen LogP contribution < -0.4 is 5.32 Å². The summed E-state index contributed by atoms with van der Waals surface area (Å²) >= 11 is 2.02. The summed E-state index contributed by atoms with van der Waals surface area (Å²) < 4.78 is 13.3. The van der Waals surface area contributed by atoms with Crippen LogP contribution in [0.3, 0.4) is 0 Å². The molecule has 0 bridgehead atoms. The van der Waals surface area contributed by atoms with E-state index in [9.17, 15) is 4.39 Å². The third-order valence-electron chi connectivity index (χ3n) is 3.10. The standard InChI is InChI=1S/C10H18FNS/c11-9-2-1-3-10(9)12-8-4-6-13-7-5-8/h8-10,12H,1-7H2/t9-,10+/m0/s1. The zero-order chi connectivity index (χ0) is 9.10. The predicted octanol–water partition coefficient (Wildman–Crippen LogP) is 2.36. The number of halogens is 1. The first-order chi connectivity index (χ1) is 6.36. The van der Waals surface area contributed by atoms with E-state index in [1.165, 1.54) is 24.3 Å². The first-order valence-electron chi connectivity index (χ1n) is 5.34. The van der Waals surface area contributed by atoms with E-state index in [0.717, 1.165) is 19.3 Å². The molecule has 2 aliphatic rings. The Morgan fingerprint density at radius 3 is 2.46 bits per heavy atom. The Morgan fingerprint density at radius 2 is 1.85 bits per heavy atom. The normalized spacial score (nSPS) is 36.7. The molecule has 2 fully saturated rings. The largest absolute Gasteiger partial charge is 0.308 e. The highest BCUT2D eigenvalue weighted by atomic mass is 32.2. The Balaban J connectivity index is 1.75. The summed E-state index contributed by atoms with van der Waals surface area (Å²) in [6, 6.07) is 0.774. The molecule has 0 aromatic heterocycles. The molecule has 2 rings (SSSR count). The van der Waals surface area contributed by atoms with Gasteiger partial charge in [-0.25, -0.2) is 4.39 Å².